The van der Waals surface area contributed by atoms with Crippen LogP contribution in [-0.4, -0.2) is 4.57 Å². The van der Waals surface area contributed by atoms with E-state index in [1.54, 1.807) is 0 Å². The molecule has 1 heteroatoms. The molecule has 1 aromatic heterocycles. The van der Waals surface area contributed by atoms with Gasteiger partial charge in [0.25, 0.3) is 0 Å². The third-order valence-corrected chi connectivity index (χ3v) is 8.99. The molecule has 8 aromatic carbocycles. The van der Waals surface area contributed by atoms with Gasteiger partial charge in [0.15, 0.2) is 0 Å². The highest BCUT2D eigenvalue weighted by Crippen LogP contribution is 2.45. The zero-order valence-electron chi connectivity index (χ0n) is 23.5. The quantitative estimate of drug-likeness (QED) is 0.195. The molecule has 9 aromatic rings. The van der Waals surface area contributed by atoms with E-state index in [9.17, 15) is 0 Å². The van der Waals surface area contributed by atoms with Gasteiger partial charge in [-0.15, -0.1) is 0 Å². The Labute approximate surface area is 249 Å². The van der Waals surface area contributed by atoms with Gasteiger partial charge in [0.1, 0.15) is 0 Å². The van der Waals surface area contributed by atoms with Gasteiger partial charge < -0.3 is 4.57 Å². The highest BCUT2D eigenvalue weighted by atomic mass is 15.0. The number of fused-ring (bicyclic) bond motifs is 9. The number of hydrogen-bond donors (Lipinski definition) is 0. The van der Waals surface area contributed by atoms with Gasteiger partial charge in [0, 0.05) is 16.5 Å². The van der Waals surface area contributed by atoms with Crippen LogP contribution in [0.25, 0.3) is 82.1 Å². The standard InChI is InChI=1S/C42H27N/c1-2-14-28(15-3-1)43-39-26-11-10-22-38(39)42-37(25-13-27-40(42)43)33-20-7-6-19-32(33)36-24-12-23-35-31-17-5-4-16-29(31)30-18-8-9-21-34(30)41(35)36/h1-27H. The lowest BCUT2D eigenvalue weighted by atomic mass is 9.86. The van der Waals surface area contributed by atoms with Crippen LogP contribution >= 0.6 is 0 Å². The third-order valence-electron chi connectivity index (χ3n) is 8.99. The average Bonchev–Trinajstić information content (AvgIpc) is 3.43. The van der Waals surface area contributed by atoms with Crippen molar-refractivity contribution in [3.63, 3.8) is 0 Å². The van der Waals surface area contributed by atoms with Crippen molar-refractivity contribution < 1.29 is 0 Å². The molecule has 43 heavy (non-hydrogen) atoms. The molecule has 0 N–H and O–H groups in total. The minimum absolute atomic E-state index is 1.17. The Morgan fingerprint density at radius 3 is 1.35 bits per heavy atom. The predicted octanol–water partition coefficient (Wildman–Crippen LogP) is 11.6. The van der Waals surface area contributed by atoms with Crippen molar-refractivity contribution in [2.24, 2.45) is 0 Å². The van der Waals surface area contributed by atoms with Crippen LogP contribution in [0.4, 0.5) is 0 Å². The molecule has 0 unspecified atom stereocenters. The first-order valence-corrected chi connectivity index (χ1v) is 14.9. The first-order valence-electron chi connectivity index (χ1n) is 14.9. The second kappa shape index (κ2) is 9.44. The number of rotatable bonds is 3. The fourth-order valence-electron chi connectivity index (χ4n) is 7.23. The zero-order valence-corrected chi connectivity index (χ0v) is 23.5. The Bertz CT molecular complexity index is 2450. The van der Waals surface area contributed by atoms with Crippen molar-refractivity contribution in [2.75, 3.05) is 0 Å². The summed E-state index contributed by atoms with van der Waals surface area (Å²) in [4.78, 5) is 0. The molecule has 0 atom stereocenters. The second-order valence-corrected chi connectivity index (χ2v) is 11.3. The van der Waals surface area contributed by atoms with E-state index in [0.717, 1.165) is 0 Å². The summed E-state index contributed by atoms with van der Waals surface area (Å²) < 4.78 is 2.40. The minimum Gasteiger partial charge on any atom is -0.309 e. The first-order chi connectivity index (χ1) is 21.4. The maximum Gasteiger partial charge on any atom is 0.0547 e. The van der Waals surface area contributed by atoms with E-state index in [1.165, 1.54) is 82.1 Å². The highest BCUT2D eigenvalue weighted by molar-refractivity contribution is 6.29. The lowest BCUT2D eigenvalue weighted by Crippen LogP contribution is -1.93. The Balaban J connectivity index is 1.40. The topological polar surface area (TPSA) is 4.93 Å². The van der Waals surface area contributed by atoms with Crippen molar-refractivity contribution >= 4 is 54.1 Å². The summed E-state index contributed by atoms with van der Waals surface area (Å²) in [7, 11) is 0. The maximum atomic E-state index is 2.40. The van der Waals surface area contributed by atoms with E-state index in [0.29, 0.717) is 0 Å². The summed E-state index contributed by atoms with van der Waals surface area (Å²) in [5.74, 6) is 0. The summed E-state index contributed by atoms with van der Waals surface area (Å²) >= 11 is 0. The molecule has 9 rings (SSSR count). The highest BCUT2D eigenvalue weighted by Gasteiger charge is 2.19. The number of hydrogen-bond acceptors (Lipinski definition) is 0. The molecule has 200 valence electrons. The number of benzene rings is 8. The summed E-state index contributed by atoms with van der Waals surface area (Å²) in [6, 6.07) is 59.7. The van der Waals surface area contributed by atoms with E-state index in [4.69, 9.17) is 0 Å². The first kappa shape index (κ1) is 24.0. The van der Waals surface area contributed by atoms with Crippen LogP contribution in [0.1, 0.15) is 0 Å². The van der Waals surface area contributed by atoms with Crippen LogP contribution in [0.3, 0.4) is 0 Å². The van der Waals surface area contributed by atoms with Crippen molar-refractivity contribution in [1.82, 2.24) is 4.57 Å². The molecule has 0 aliphatic rings. The molecule has 0 bridgehead atoms. The molecule has 0 amide bonds. The van der Waals surface area contributed by atoms with Gasteiger partial charge >= 0.3 is 0 Å². The molecule has 1 heterocycles. The fraction of sp³-hybridized carbons (Fsp3) is 0. The van der Waals surface area contributed by atoms with E-state index in [2.05, 4.69) is 168 Å². The summed E-state index contributed by atoms with van der Waals surface area (Å²) in [6.45, 7) is 0. The van der Waals surface area contributed by atoms with Crippen molar-refractivity contribution in [3.8, 4) is 27.9 Å². The Kier molecular flexibility index (Phi) is 5.27. The van der Waals surface area contributed by atoms with Crippen LogP contribution in [0.5, 0.6) is 0 Å². The molecule has 0 aliphatic heterocycles. The van der Waals surface area contributed by atoms with Crippen LogP contribution in [0.15, 0.2) is 164 Å². The van der Waals surface area contributed by atoms with Gasteiger partial charge in [-0.2, -0.15) is 0 Å². The smallest absolute Gasteiger partial charge is 0.0547 e. The van der Waals surface area contributed by atoms with Crippen LogP contribution < -0.4 is 0 Å². The average molecular weight is 546 g/mol. The van der Waals surface area contributed by atoms with Gasteiger partial charge in [-0.25, -0.2) is 0 Å². The number of para-hydroxylation sites is 2. The van der Waals surface area contributed by atoms with Crippen LogP contribution in [0, 0.1) is 0 Å². The van der Waals surface area contributed by atoms with Crippen molar-refractivity contribution in [3.05, 3.63) is 164 Å². The molecule has 1 nitrogen and oxygen atoms in total. The van der Waals surface area contributed by atoms with E-state index >= 15 is 0 Å². The van der Waals surface area contributed by atoms with Crippen LogP contribution in [-0.2, 0) is 0 Å². The molecular weight excluding hydrogens is 518 g/mol. The molecule has 0 saturated heterocycles. The molecule has 0 spiro atoms. The predicted molar refractivity (Wildman–Crippen MR) is 184 cm³/mol. The van der Waals surface area contributed by atoms with Gasteiger partial charge in [-0.1, -0.05) is 140 Å². The molecule has 0 radical (unpaired) electrons. The van der Waals surface area contributed by atoms with Gasteiger partial charge in [-0.3, -0.25) is 0 Å². The van der Waals surface area contributed by atoms with Gasteiger partial charge in [0.05, 0.1) is 11.0 Å². The minimum atomic E-state index is 1.17. The monoisotopic (exact) mass is 545 g/mol. The third kappa shape index (κ3) is 3.52. The second-order valence-electron chi connectivity index (χ2n) is 11.3. The lowest BCUT2D eigenvalue weighted by molar-refractivity contribution is 1.18. The SMILES string of the molecule is c1ccc(-n2c3ccccc3c3c(-c4ccccc4-c4cccc5c6ccccc6c6ccccc6c45)cccc32)cc1. The number of nitrogens with zero attached hydrogens (tertiary/aromatic N) is 1. The van der Waals surface area contributed by atoms with E-state index in [-0.39, 0.29) is 0 Å². The van der Waals surface area contributed by atoms with Crippen molar-refractivity contribution in [1.29, 1.82) is 0 Å². The molecule has 0 fully saturated rings. The van der Waals surface area contributed by atoms with Crippen molar-refractivity contribution in [2.45, 2.75) is 0 Å². The Hall–Kier alpha value is -5.66. The molecule has 0 aliphatic carbocycles. The summed E-state index contributed by atoms with van der Waals surface area (Å²) in [5.41, 5.74) is 8.61. The molecular formula is C42H27N. The Morgan fingerprint density at radius 2 is 0.674 bits per heavy atom. The Morgan fingerprint density at radius 1 is 0.256 bits per heavy atom. The normalized spacial score (nSPS) is 11.7. The van der Waals surface area contributed by atoms with Gasteiger partial charge in [0.2, 0.25) is 0 Å². The maximum absolute atomic E-state index is 2.40. The van der Waals surface area contributed by atoms with E-state index < -0.39 is 0 Å². The van der Waals surface area contributed by atoms with E-state index in [1.807, 2.05) is 0 Å². The van der Waals surface area contributed by atoms with Gasteiger partial charge in [-0.05, 0) is 78.8 Å². The van der Waals surface area contributed by atoms with Crippen LogP contribution in [0.2, 0.25) is 0 Å². The summed E-state index contributed by atoms with van der Waals surface area (Å²) in [5, 5.41) is 10.3. The summed E-state index contributed by atoms with van der Waals surface area (Å²) in [6.07, 6.45) is 0. The molecule has 0 saturated carbocycles. The fourth-order valence-corrected chi connectivity index (χ4v) is 7.23. The lowest BCUT2D eigenvalue weighted by Gasteiger charge is -2.17. The zero-order chi connectivity index (χ0) is 28.3. The number of aromatic nitrogens is 1. The largest absolute Gasteiger partial charge is 0.309 e.